The van der Waals surface area contributed by atoms with Crippen LogP contribution in [0.2, 0.25) is 0 Å². The highest BCUT2D eigenvalue weighted by molar-refractivity contribution is 7.90. The molecule has 0 unspecified atom stereocenters. The van der Waals surface area contributed by atoms with E-state index < -0.39 is 20.4 Å². The van der Waals surface area contributed by atoms with Gasteiger partial charge in [0.25, 0.3) is 5.69 Å². The Kier molecular flexibility index (Phi) is 4.64. The van der Waals surface area contributed by atoms with E-state index in [1.165, 1.54) is 12.1 Å². The lowest BCUT2D eigenvalue weighted by molar-refractivity contribution is -0.387. The molecule has 0 bridgehead atoms. The molecule has 1 amide bonds. The molecule has 2 aromatic carbocycles. The van der Waals surface area contributed by atoms with Crippen LogP contribution in [0.1, 0.15) is 5.56 Å². The third-order valence-electron chi connectivity index (χ3n) is 4.19. The van der Waals surface area contributed by atoms with E-state index in [1.807, 2.05) is 24.3 Å². The largest absolute Gasteiger partial charge is 0.376 e. The Morgan fingerprint density at radius 3 is 2.69 bits per heavy atom. The smallest absolute Gasteiger partial charge is 0.288 e. The predicted octanol–water partition coefficient (Wildman–Crippen LogP) is 2.00. The fourth-order valence-electron chi connectivity index (χ4n) is 2.94. The Balaban J connectivity index is 1.76. The Morgan fingerprint density at radius 2 is 2.00 bits per heavy atom. The van der Waals surface area contributed by atoms with Gasteiger partial charge in [0, 0.05) is 30.2 Å². The molecule has 0 aliphatic carbocycles. The highest BCUT2D eigenvalue weighted by Crippen LogP contribution is 2.29. The minimum Gasteiger partial charge on any atom is -0.376 e. The molecule has 1 N–H and O–H groups in total. The van der Waals surface area contributed by atoms with Crippen molar-refractivity contribution in [3.63, 3.8) is 0 Å². The Hall–Kier alpha value is -2.94. The molecule has 0 radical (unpaired) electrons. The summed E-state index contributed by atoms with van der Waals surface area (Å²) in [5, 5.41) is 13.8. The number of para-hydroxylation sites is 1. The number of nitrogens with zero attached hydrogens (tertiary/aromatic N) is 2. The zero-order valence-corrected chi connectivity index (χ0v) is 14.8. The minimum absolute atomic E-state index is 0.0463. The maximum Gasteiger partial charge on any atom is 0.288 e. The molecule has 8 nitrogen and oxygen atoms in total. The van der Waals surface area contributed by atoms with Crippen molar-refractivity contribution in [1.29, 1.82) is 0 Å². The van der Waals surface area contributed by atoms with Gasteiger partial charge in [-0.05, 0) is 30.2 Å². The number of nitrogens with one attached hydrogen (secondary N) is 1. The Bertz CT molecular complexity index is 988. The average Bonchev–Trinajstić information content (AvgIpc) is 3.02. The fraction of sp³-hybridized carbons (Fsp3) is 0.235. The lowest BCUT2D eigenvalue weighted by Crippen LogP contribution is -2.34. The second-order valence-corrected chi connectivity index (χ2v) is 7.97. The van der Waals surface area contributed by atoms with Crippen LogP contribution < -0.4 is 10.2 Å². The number of anilines is 2. The lowest BCUT2D eigenvalue weighted by Gasteiger charge is -2.18. The summed E-state index contributed by atoms with van der Waals surface area (Å²) in [4.78, 5) is 24.0. The zero-order valence-electron chi connectivity index (χ0n) is 14.0. The molecule has 0 fully saturated rings. The van der Waals surface area contributed by atoms with Crippen molar-refractivity contribution in [3.05, 3.63) is 58.1 Å². The van der Waals surface area contributed by atoms with E-state index in [4.69, 9.17) is 0 Å². The van der Waals surface area contributed by atoms with E-state index >= 15 is 0 Å². The summed E-state index contributed by atoms with van der Waals surface area (Å²) >= 11 is 0. The molecule has 0 atom stereocenters. The van der Waals surface area contributed by atoms with Crippen LogP contribution in [0, 0.1) is 10.1 Å². The molecule has 1 aliphatic heterocycles. The summed E-state index contributed by atoms with van der Waals surface area (Å²) in [6.07, 6.45) is 1.70. The lowest BCUT2D eigenvalue weighted by atomic mass is 10.2. The van der Waals surface area contributed by atoms with Crippen molar-refractivity contribution < 1.29 is 18.1 Å². The number of sulfone groups is 1. The maximum absolute atomic E-state index is 12.5. The maximum atomic E-state index is 12.5. The highest BCUT2D eigenvalue weighted by atomic mass is 32.2. The molecule has 9 heteroatoms. The third-order valence-corrected chi connectivity index (χ3v) is 5.31. The third kappa shape index (κ3) is 3.52. The van der Waals surface area contributed by atoms with Crippen molar-refractivity contribution in [2.75, 3.05) is 29.6 Å². The highest BCUT2D eigenvalue weighted by Gasteiger charge is 2.25. The van der Waals surface area contributed by atoms with E-state index in [9.17, 15) is 23.3 Å². The fourth-order valence-corrected chi connectivity index (χ4v) is 3.81. The summed E-state index contributed by atoms with van der Waals surface area (Å²) in [5.41, 5.74) is 1.82. The minimum atomic E-state index is -3.77. The molecule has 26 heavy (non-hydrogen) atoms. The van der Waals surface area contributed by atoms with Gasteiger partial charge in [0.15, 0.2) is 9.84 Å². The van der Waals surface area contributed by atoms with Crippen molar-refractivity contribution in [3.8, 4) is 0 Å². The van der Waals surface area contributed by atoms with Gasteiger partial charge in [0.05, 0.1) is 11.5 Å². The van der Waals surface area contributed by atoms with Crippen molar-refractivity contribution in [1.82, 2.24) is 0 Å². The molecule has 1 aliphatic rings. The Labute approximate surface area is 150 Å². The molecular weight excluding hydrogens is 358 g/mol. The van der Waals surface area contributed by atoms with E-state index in [1.54, 1.807) is 4.90 Å². The van der Waals surface area contributed by atoms with Crippen LogP contribution >= 0.6 is 0 Å². The molecule has 136 valence electrons. The number of amides is 1. The Morgan fingerprint density at radius 1 is 1.27 bits per heavy atom. The zero-order chi connectivity index (χ0) is 18.9. The molecule has 0 aromatic heterocycles. The summed E-state index contributed by atoms with van der Waals surface area (Å²) < 4.78 is 23.6. The van der Waals surface area contributed by atoms with Crippen molar-refractivity contribution in [2.45, 2.75) is 11.3 Å². The van der Waals surface area contributed by atoms with E-state index in [0.717, 1.165) is 30.0 Å². The van der Waals surface area contributed by atoms with E-state index in [-0.39, 0.29) is 17.3 Å². The molecule has 3 rings (SSSR count). The summed E-state index contributed by atoms with van der Waals surface area (Å²) in [6.45, 7) is 0.546. The second-order valence-electron chi connectivity index (χ2n) is 5.99. The first-order valence-corrected chi connectivity index (χ1v) is 9.77. The standard InChI is InChI=1S/C17H17N3O5S/c1-26(24,25)16-10-13(6-7-15(16)20(22)23)18-11-17(21)19-9-8-12-4-2-3-5-14(12)19/h2-7,10,18H,8-9,11H2,1H3. The number of benzene rings is 2. The van der Waals surface area contributed by atoms with Gasteiger partial charge in [-0.25, -0.2) is 8.42 Å². The predicted molar refractivity (Wildman–Crippen MR) is 97.2 cm³/mol. The van der Waals surface area contributed by atoms with Gasteiger partial charge < -0.3 is 10.2 Å². The van der Waals surface area contributed by atoms with Gasteiger partial charge in [0.1, 0.15) is 4.90 Å². The second kappa shape index (κ2) is 6.75. The topological polar surface area (TPSA) is 110 Å². The van der Waals surface area contributed by atoms with Gasteiger partial charge in [-0.2, -0.15) is 0 Å². The van der Waals surface area contributed by atoms with Gasteiger partial charge in [-0.1, -0.05) is 18.2 Å². The average molecular weight is 375 g/mol. The number of hydrogen-bond donors (Lipinski definition) is 1. The summed E-state index contributed by atoms with van der Waals surface area (Å²) in [7, 11) is -3.77. The summed E-state index contributed by atoms with van der Waals surface area (Å²) in [5.74, 6) is -0.158. The van der Waals surface area contributed by atoms with Crippen molar-refractivity contribution >= 4 is 32.8 Å². The number of nitro benzene ring substituents is 1. The van der Waals surface area contributed by atoms with Crippen LogP contribution in [0.5, 0.6) is 0 Å². The van der Waals surface area contributed by atoms with Crippen molar-refractivity contribution in [2.24, 2.45) is 0 Å². The molecule has 0 saturated heterocycles. The number of rotatable bonds is 5. The number of nitro groups is 1. The normalized spacial score (nSPS) is 13.3. The van der Waals surface area contributed by atoms with Crippen LogP contribution in [0.15, 0.2) is 47.4 Å². The first-order chi connectivity index (χ1) is 12.3. The molecule has 0 saturated carbocycles. The number of hydrogen-bond acceptors (Lipinski definition) is 6. The number of fused-ring (bicyclic) bond motifs is 1. The van der Waals surface area contributed by atoms with E-state index in [2.05, 4.69) is 5.32 Å². The number of carbonyl (C=O) groups excluding carboxylic acids is 1. The van der Waals surface area contributed by atoms with E-state index in [0.29, 0.717) is 12.2 Å². The first kappa shape index (κ1) is 17.9. The summed E-state index contributed by atoms with van der Waals surface area (Å²) in [6, 6.07) is 11.3. The molecule has 1 heterocycles. The molecule has 0 spiro atoms. The van der Waals surface area contributed by atoms with Crippen LogP contribution in [0.25, 0.3) is 0 Å². The number of carbonyl (C=O) groups is 1. The van der Waals surface area contributed by atoms with Gasteiger partial charge in [-0.3, -0.25) is 14.9 Å². The van der Waals surface area contributed by atoms with Gasteiger partial charge in [-0.15, -0.1) is 0 Å². The van der Waals surface area contributed by atoms with Crippen LogP contribution in [-0.2, 0) is 21.1 Å². The van der Waals surface area contributed by atoms with Crippen LogP contribution in [0.3, 0.4) is 0 Å². The quantitative estimate of drug-likeness (QED) is 0.632. The van der Waals surface area contributed by atoms with Crippen LogP contribution in [-0.4, -0.2) is 38.6 Å². The molecular formula is C17H17N3O5S. The van der Waals surface area contributed by atoms with Crippen LogP contribution in [0.4, 0.5) is 17.1 Å². The molecule has 2 aromatic rings. The monoisotopic (exact) mass is 375 g/mol. The SMILES string of the molecule is CS(=O)(=O)c1cc(NCC(=O)N2CCc3ccccc32)ccc1[N+](=O)[O-]. The van der Waals surface area contributed by atoms with Gasteiger partial charge >= 0.3 is 0 Å². The first-order valence-electron chi connectivity index (χ1n) is 7.88. The van der Waals surface area contributed by atoms with Gasteiger partial charge in [0.2, 0.25) is 5.91 Å².